The Kier molecular flexibility index (Phi) is 5.74. The number of aliphatic hydroxyl groups is 1. The van der Waals surface area contributed by atoms with Crippen LogP contribution in [0, 0.1) is 0 Å². The maximum absolute atomic E-state index is 10.2. The molecule has 0 spiro atoms. The minimum Gasteiger partial charge on any atom is -0.387 e. The van der Waals surface area contributed by atoms with Gasteiger partial charge in [-0.05, 0) is 35.6 Å². The highest BCUT2D eigenvalue weighted by molar-refractivity contribution is 8.00. The van der Waals surface area contributed by atoms with E-state index in [0.717, 1.165) is 17.4 Å². The summed E-state index contributed by atoms with van der Waals surface area (Å²) in [5, 5.41) is 14.3. The van der Waals surface area contributed by atoms with E-state index in [9.17, 15) is 5.11 Å². The largest absolute Gasteiger partial charge is 0.387 e. The van der Waals surface area contributed by atoms with Gasteiger partial charge in [-0.15, -0.1) is 0 Å². The van der Waals surface area contributed by atoms with Crippen molar-refractivity contribution < 1.29 is 5.11 Å². The number of hydrogen-bond acceptors (Lipinski definition) is 3. The molecule has 0 radical (unpaired) electrons. The van der Waals surface area contributed by atoms with E-state index in [1.165, 1.54) is 24.2 Å². The first-order valence-electron chi connectivity index (χ1n) is 7.27. The summed E-state index contributed by atoms with van der Waals surface area (Å²) < 4.78 is 0. The van der Waals surface area contributed by atoms with Crippen molar-refractivity contribution in [1.82, 2.24) is 5.32 Å². The lowest BCUT2D eigenvalue weighted by Gasteiger charge is -2.15. The molecule has 2 N–H and O–H groups in total. The van der Waals surface area contributed by atoms with Crippen LogP contribution >= 0.6 is 11.8 Å². The Morgan fingerprint density at radius 3 is 2.53 bits per heavy atom. The predicted octanol–water partition coefficient (Wildman–Crippen LogP) is 3.33. The summed E-state index contributed by atoms with van der Waals surface area (Å²) in [6.45, 7) is 6.04. The maximum Gasteiger partial charge on any atom is 0.0914 e. The molecule has 1 aromatic carbocycles. The molecule has 2 atom stereocenters. The van der Waals surface area contributed by atoms with Crippen molar-refractivity contribution in [3.8, 4) is 0 Å². The van der Waals surface area contributed by atoms with E-state index < -0.39 is 6.10 Å². The topological polar surface area (TPSA) is 32.3 Å². The highest BCUT2D eigenvalue weighted by atomic mass is 32.2. The SMILES string of the molecule is CC(C)c1ccc(C(O)CNCC2CCCS2)cc1. The molecule has 0 amide bonds. The third-order valence-electron chi connectivity index (χ3n) is 3.72. The van der Waals surface area contributed by atoms with E-state index in [-0.39, 0.29) is 0 Å². The molecule has 0 aromatic heterocycles. The van der Waals surface area contributed by atoms with E-state index in [2.05, 4.69) is 43.1 Å². The van der Waals surface area contributed by atoms with E-state index in [4.69, 9.17) is 0 Å². The first-order chi connectivity index (χ1) is 9.16. The Labute approximate surface area is 121 Å². The van der Waals surface area contributed by atoms with Gasteiger partial charge in [-0.2, -0.15) is 11.8 Å². The smallest absolute Gasteiger partial charge is 0.0914 e. The lowest BCUT2D eigenvalue weighted by atomic mass is 10.00. The van der Waals surface area contributed by atoms with Crippen LogP contribution in [-0.4, -0.2) is 29.2 Å². The van der Waals surface area contributed by atoms with Gasteiger partial charge in [0.25, 0.3) is 0 Å². The second-order valence-electron chi connectivity index (χ2n) is 5.63. The van der Waals surface area contributed by atoms with Gasteiger partial charge in [0.05, 0.1) is 6.10 Å². The van der Waals surface area contributed by atoms with Gasteiger partial charge < -0.3 is 10.4 Å². The van der Waals surface area contributed by atoms with Crippen LogP contribution in [0.15, 0.2) is 24.3 Å². The summed E-state index contributed by atoms with van der Waals surface area (Å²) in [5.41, 5.74) is 2.34. The Balaban J connectivity index is 1.76. The predicted molar refractivity (Wildman–Crippen MR) is 83.8 cm³/mol. The van der Waals surface area contributed by atoms with Crippen molar-refractivity contribution in [1.29, 1.82) is 0 Å². The Morgan fingerprint density at radius 1 is 1.26 bits per heavy atom. The molecule has 1 saturated heterocycles. The average Bonchev–Trinajstić information content (AvgIpc) is 2.92. The molecule has 1 heterocycles. The van der Waals surface area contributed by atoms with Crippen LogP contribution < -0.4 is 5.32 Å². The number of aliphatic hydroxyl groups excluding tert-OH is 1. The summed E-state index contributed by atoms with van der Waals surface area (Å²) in [4.78, 5) is 0. The zero-order chi connectivity index (χ0) is 13.7. The van der Waals surface area contributed by atoms with E-state index in [1.807, 2.05) is 12.1 Å². The van der Waals surface area contributed by atoms with Crippen LogP contribution in [0.25, 0.3) is 0 Å². The van der Waals surface area contributed by atoms with Crippen LogP contribution in [0.5, 0.6) is 0 Å². The molecule has 0 saturated carbocycles. The van der Waals surface area contributed by atoms with Gasteiger partial charge in [0.15, 0.2) is 0 Å². The zero-order valence-corrected chi connectivity index (χ0v) is 12.7. The molecular formula is C16H25NOS. The van der Waals surface area contributed by atoms with E-state index >= 15 is 0 Å². The number of thioether (sulfide) groups is 1. The molecule has 1 aromatic rings. The molecule has 106 valence electrons. The van der Waals surface area contributed by atoms with Gasteiger partial charge >= 0.3 is 0 Å². The van der Waals surface area contributed by atoms with Gasteiger partial charge in [-0.25, -0.2) is 0 Å². The highest BCUT2D eigenvalue weighted by Gasteiger charge is 2.15. The maximum atomic E-state index is 10.2. The summed E-state index contributed by atoms with van der Waals surface area (Å²) in [6.07, 6.45) is 2.26. The minimum absolute atomic E-state index is 0.396. The summed E-state index contributed by atoms with van der Waals surface area (Å²) in [6, 6.07) is 8.34. The average molecular weight is 279 g/mol. The molecule has 1 aliphatic heterocycles. The summed E-state index contributed by atoms with van der Waals surface area (Å²) >= 11 is 2.05. The molecule has 0 aliphatic carbocycles. The molecule has 2 unspecified atom stereocenters. The van der Waals surface area contributed by atoms with Crippen LogP contribution in [0.3, 0.4) is 0 Å². The quantitative estimate of drug-likeness (QED) is 0.838. The van der Waals surface area contributed by atoms with Crippen molar-refractivity contribution in [2.24, 2.45) is 0 Å². The van der Waals surface area contributed by atoms with Gasteiger partial charge in [0.1, 0.15) is 0 Å². The standard InChI is InChI=1S/C16H25NOS/c1-12(2)13-5-7-14(8-6-13)16(18)11-17-10-15-4-3-9-19-15/h5-8,12,15-18H,3-4,9-11H2,1-2H3. The second-order valence-corrected chi connectivity index (χ2v) is 7.04. The fourth-order valence-corrected chi connectivity index (χ4v) is 3.64. The molecule has 3 heteroatoms. The van der Waals surface area contributed by atoms with E-state index in [1.54, 1.807) is 0 Å². The number of nitrogens with one attached hydrogen (secondary N) is 1. The molecule has 19 heavy (non-hydrogen) atoms. The highest BCUT2D eigenvalue weighted by Crippen LogP contribution is 2.25. The Bertz CT molecular complexity index is 371. The summed E-state index contributed by atoms with van der Waals surface area (Å²) in [5.74, 6) is 1.84. The van der Waals surface area contributed by atoms with Crippen LogP contribution in [-0.2, 0) is 0 Å². The van der Waals surface area contributed by atoms with Crippen molar-refractivity contribution in [2.75, 3.05) is 18.8 Å². The normalized spacial score (nSPS) is 20.9. The molecule has 0 bridgehead atoms. The fraction of sp³-hybridized carbons (Fsp3) is 0.625. The zero-order valence-electron chi connectivity index (χ0n) is 11.9. The van der Waals surface area contributed by atoms with Crippen LogP contribution in [0.2, 0.25) is 0 Å². The lowest BCUT2D eigenvalue weighted by Crippen LogP contribution is -2.27. The minimum atomic E-state index is -0.396. The Hall–Kier alpha value is -0.510. The molecular weight excluding hydrogens is 254 g/mol. The van der Waals surface area contributed by atoms with Crippen molar-refractivity contribution in [3.05, 3.63) is 35.4 Å². The third-order valence-corrected chi connectivity index (χ3v) is 5.12. The van der Waals surface area contributed by atoms with Gasteiger partial charge in [0, 0.05) is 18.3 Å². The van der Waals surface area contributed by atoms with Gasteiger partial charge in [-0.3, -0.25) is 0 Å². The van der Waals surface area contributed by atoms with Crippen molar-refractivity contribution in [3.63, 3.8) is 0 Å². The van der Waals surface area contributed by atoms with Gasteiger partial charge in [-0.1, -0.05) is 38.1 Å². The number of benzene rings is 1. The Morgan fingerprint density at radius 2 is 1.95 bits per heavy atom. The molecule has 1 aliphatic rings. The number of hydrogen-bond donors (Lipinski definition) is 2. The van der Waals surface area contributed by atoms with Crippen molar-refractivity contribution in [2.45, 2.75) is 44.0 Å². The first-order valence-corrected chi connectivity index (χ1v) is 8.32. The molecule has 2 rings (SSSR count). The molecule has 1 fully saturated rings. The second kappa shape index (κ2) is 7.32. The number of rotatable bonds is 6. The fourth-order valence-electron chi connectivity index (χ4n) is 2.41. The van der Waals surface area contributed by atoms with Crippen molar-refractivity contribution >= 4 is 11.8 Å². The van der Waals surface area contributed by atoms with E-state index in [0.29, 0.717) is 12.5 Å². The van der Waals surface area contributed by atoms with Gasteiger partial charge in [0.2, 0.25) is 0 Å². The van der Waals surface area contributed by atoms with Crippen LogP contribution in [0.1, 0.15) is 49.8 Å². The third kappa shape index (κ3) is 4.51. The first kappa shape index (κ1) is 14.9. The monoisotopic (exact) mass is 279 g/mol. The molecule has 2 nitrogen and oxygen atoms in total. The summed E-state index contributed by atoms with van der Waals surface area (Å²) in [7, 11) is 0. The van der Waals surface area contributed by atoms with Crippen LogP contribution in [0.4, 0.5) is 0 Å². The lowest BCUT2D eigenvalue weighted by molar-refractivity contribution is 0.175.